The second-order valence-electron chi connectivity index (χ2n) is 4.14. The largest absolute Gasteiger partial charge is 0.454 e. The fraction of sp³-hybridized carbons (Fsp3) is 0.500. The van der Waals surface area contributed by atoms with E-state index in [1.54, 1.807) is 0 Å². The Balaban J connectivity index is 0.00000144. The summed E-state index contributed by atoms with van der Waals surface area (Å²) < 4.78 is 11.7. The van der Waals surface area contributed by atoms with Crippen LogP contribution in [0, 0.1) is 5.92 Å². The highest BCUT2D eigenvalue weighted by atomic mass is 79.9. The Morgan fingerprint density at radius 1 is 1.35 bits per heavy atom. The van der Waals surface area contributed by atoms with Gasteiger partial charge in [0.2, 0.25) is 6.79 Å². The minimum absolute atomic E-state index is 0. The molecular weight excluding hydrogens is 305 g/mol. The lowest BCUT2D eigenvalue weighted by Crippen LogP contribution is -2.18. The quantitative estimate of drug-likeness (QED) is 0.924. The highest BCUT2D eigenvalue weighted by Gasteiger charge is 2.21. The van der Waals surface area contributed by atoms with Gasteiger partial charge in [-0.2, -0.15) is 0 Å². The van der Waals surface area contributed by atoms with Crippen molar-refractivity contribution in [3.8, 4) is 11.5 Å². The normalized spacial score (nSPS) is 16.2. The van der Waals surface area contributed by atoms with Crippen molar-refractivity contribution in [3.63, 3.8) is 0 Å². The first-order chi connectivity index (χ1) is 7.63. The van der Waals surface area contributed by atoms with Crippen LogP contribution in [0.3, 0.4) is 0 Å². The zero-order chi connectivity index (χ0) is 11.7. The van der Waals surface area contributed by atoms with E-state index in [0.717, 1.165) is 28.0 Å². The van der Waals surface area contributed by atoms with Crippen LogP contribution in [0.4, 0.5) is 0 Å². The van der Waals surface area contributed by atoms with E-state index in [2.05, 4.69) is 29.8 Å². The molecule has 1 heterocycles. The van der Waals surface area contributed by atoms with Crippen LogP contribution in [0.1, 0.15) is 31.9 Å². The number of hydrogen-bond acceptors (Lipinski definition) is 3. The average molecular weight is 323 g/mol. The van der Waals surface area contributed by atoms with E-state index in [1.807, 2.05) is 12.1 Å². The number of fused-ring (bicyclic) bond motifs is 1. The number of benzene rings is 1. The third kappa shape index (κ3) is 2.87. The molecule has 0 fully saturated rings. The molecule has 0 radical (unpaired) electrons. The molecule has 2 rings (SSSR count). The molecule has 1 aromatic rings. The van der Waals surface area contributed by atoms with Gasteiger partial charge in [-0.1, -0.05) is 36.2 Å². The summed E-state index contributed by atoms with van der Waals surface area (Å²) in [5.74, 6) is 2.01. The van der Waals surface area contributed by atoms with Crippen LogP contribution in [0.15, 0.2) is 16.6 Å². The molecule has 0 saturated carbocycles. The zero-order valence-corrected chi connectivity index (χ0v) is 12.3. The third-order valence-electron chi connectivity index (χ3n) is 3.11. The van der Waals surface area contributed by atoms with Gasteiger partial charge in [-0.3, -0.25) is 0 Å². The molecule has 0 spiro atoms. The minimum Gasteiger partial charge on any atom is -0.454 e. The molecular formula is C12H17BrClNO2. The summed E-state index contributed by atoms with van der Waals surface area (Å²) in [7, 11) is 0. The van der Waals surface area contributed by atoms with E-state index in [4.69, 9.17) is 15.2 Å². The van der Waals surface area contributed by atoms with Crippen LogP contribution in [0.2, 0.25) is 0 Å². The van der Waals surface area contributed by atoms with E-state index in [9.17, 15) is 0 Å². The highest BCUT2D eigenvalue weighted by molar-refractivity contribution is 9.10. The van der Waals surface area contributed by atoms with Crippen LogP contribution >= 0.6 is 28.3 Å². The van der Waals surface area contributed by atoms with Crippen molar-refractivity contribution in [2.75, 3.05) is 6.79 Å². The van der Waals surface area contributed by atoms with Gasteiger partial charge in [0.1, 0.15) is 0 Å². The average Bonchev–Trinajstić information content (AvgIpc) is 2.72. The molecule has 96 valence electrons. The van der Waals surface area contributed by atoms with Crippen molar-refractivity contribution in [2.24, 2.45) is 11.7 Å². The van der Waals surface area contributed by atoms with E-state index < -0.39 is 0 Å². The van der Waals surface area contributed by atoms with Gasteiger partial charge in [-0.15, -0.1) is 12.4 Å². The van der Waals surface area contributed by atoms with Crippen molar-refractivity contribution in [1.82, 2.24) is 0 Å². The molecule has 1 aliphatic rings. The Morgan fingerprint density at radius 3 is 2.53 bits per heavy atom. The fourth-order valence-electron chi connectivity index (χ4n) is 1.75. The second kappa shape index (κ2) is 5.94. The molecule has 5 heteroatoms. The zero-order valence-electron chi connectivity index (χ0n) is 9.90. The number of ether oxygens (including phenoxy) is 2. The van der Waals surface area contributed by atoms with Crippen molar-refractivity contribution in [2.45, 2.75) is 26.3 Å². The Kier molecular flexibility index (Phi) is 5.10. The monoisotopic (exact) mass is 321 g/mol. The van der Waals surface area contributed by atoms with Crippen molar-refractivity contribution < 1.29 is 9.47 Å². The standard InChI is InChI=1S/C12H16BrNO2.ClH/c1-3-7(2)12(14)8-4-10-11(5-9(8)13)16-6-15-10;/h4-5,7,12H,3,6,14H2,1-2H3;1H/t7?,12-;/m1./s1. The smallest absolute Gasteiger partial charge is 0.231 e. The summed E-state index contributed by atoms with van der Waals surface area (Å²) in [6.45, 7) is 4.59. The van der Waals surface area contributed by atoms with Crippen molar-refractivity contribution >= 4 is 28.3 Å². The number of rotatable bonds is 3. The second-order valence-corrected chi connectivity index (χ2v) is 4.99. The summed E-state index contributed by atoms with van der Waals surface area (Å²) >= 11 is 3.53. The third-order valence-corrected chi connectivity index (χ3v) is 3.79. The summed E-state index contributed by atoms with van der Waals surface area (Å²) in [5, 5.41) is 0. The maximum absolute atomic E-state index is 6.22. The predicted octanol–water partition coefficient (Wildman–Crippen LogP) is 3.65. The van der Waals surface area contributed by atoms with Gasteiger partial charge in [0.25, 0.3) is 0 Å². The molecule has 0 amide bonds. The summed E-state index contributed by atoms with van der Waals surface area (Å²) in [4.78, 5) is 0. The molecule has 1 aliphatic heterocycles. The van der Waals surface area contributed by atoms with Gasteiger partial charge in [0.05, 0.1) is 0 Å². The van der Waals surface area contributed by atoms with E-state index in [-0.39, 0.29) is 18.4 Å². The first-order valence-corrected chi connectivity index (χ1v) is 6.27. The lowest BCUT2D eigenvalue weighted by atomic mass is 9.93. The molecule has 1 unspecified atom stereocenters. The molecule has 0 aromatic heterocycles. The summed E-state index contributed by atoms with van der Waals surface area (Å²) in [6, 6.07) is 3.93. The molecule has 0 aliphatic carbocycles. The van der Waals surface area contributed by atoms with Crippen LogP contribution in [-0.4, -0.2) is 6.79 Å². The number of nitrogens with two attached hydrogens (primary N) is 1. The minimum atomic E-state index is 0. The summed E-state index contributed by atoms with van der Waals surface area (Å²) in [6.07, 6.45) is 1.06. The van der Waals surface area contributed by atoms with Crippen molar-refractivity contribution in [1.29, 1.82) is 0 Å². The Morgan fingerprint density at radius 2 is 1.94 bits per heavy atom. The molecule has 0 bridgehead atoms. The molecule has 2 atom stereocenters. The topological polar surface area (TPSA) is 44.5 Å². The van der Waals surface area contributed by atoms with E-state index in [0.29, 0.717) is 12.7 Å². The Hall–Kier alpha value is -0.450. The lowest BCUT2D eigenvalue weighted by Gasteiger charge is -2.20. The van der Waals surface area contributed by atoms with E-state index >= 15 is 0 Å². The number of halogens is 2. The fourth-order valence-corrected chi connectivity index (χ4v) is 2.34. The van der Waals surface area contributed by atoms with Crippen LogP contribution in [0.5, 0.6) is 11.5 Å². The van der Waals surface area contributed by atoms with Gasteiger partial charge < -0.3 is 15.2 Å². The van der Waals surface area contributed by atoms with Crippen molar-refractivity contribution in [3.05, 3.63) is 22.2 Å². The SMILES string of the molecule is CCC(C)[C@@H](N)c1cc2c(cc1Br)OCO2.Cl. The Bertz CT molecular complexity index is 400. The van der Waals surface area contributed by atoms with Gasteiger partial charge >= 0.3 is 0 Å². The van der Waals surface area contributed by atoms with Gasteiger partial charge in [-0.25, -0.2) is 0 Å². The van der Waals surface area contributed by atoms with Crippen LogP contribution < -0.4 is 15.2 Å². The maximum atomic E-state index is 6.22. The first-order valence-electron chi connectivity index (χ1n) is 5.48. The lowest BCUT2D eigenvalue weighted by molar-refractivity contribution is 0.174. The Labute approximate surface area is 116 Å². The predicted molar refractivity (Wildman–Crippen MR) is 73.9 cm³/mol. The molecule has 1 aromatic carbocycles. The number of hydrogen-bond donors (Lipinski definition) is 1. The molecule has 3 nitrogen and oxygen atoms in total. The highest BCUT2D eigenvalue weighted by Crippen LogP contribution is 2.40. The van der Waals surface area contributed by atoms with Crippen LogP contribution in [-0.2, 0) is 0 Å². The van der Waals surface area contributed by atoms with Gasteiger partial charge in [0.15, 0.2) is 11.5 Å². The summed E-state index contributed by atoms with van der Waals surface area (Å²) in [5.41, 5.74) is 7.30. The van der Waals surface area contributed by atoms with Gasteiger partial charge in [-0.05, 0) is 23.6 Å². The van der Waals surface area contributed by atoms with Crippen LogP contribution in [0.25, 0.3) is 0 Å². The first kappa shape index (κ1) is 14.6. The van der Waals surface area contributed by atoms with Gasteiger partial charge in [0, 0.05) is 10.5 Å². The maximum Gasteiger partial charge on any atom is 0.231 e. The molecule has 0 saturated heterocycles. The van der Waals surface area contributed by atoms with E-state index in [1.165, 1.54) is 0 Å². The molecule has 2 N–H and O–H groups in total. The molecule has 17 heavy (non-hydrogen) atoms.